The monoisotopic (exact) mass is 334 g/mol. The summed E-state index contributed by atoms with van der Waals surface area (Å²) in [5, 5.41) is 13.7. The van der Waals surface area contributed by atoms with Crippen LogP contribution in [-0.4, -0.2) is 29.1 Å². The van der Waals surface area contributed by atoms with Gasteiger partial charge in [0, 0.05) is 0 Å². The summed E-state index contributed by atoms with van der Waals surface area (Å²) >= 11 is 0. The van der Waals surface area contributed by atoms with Gasteiger partial charge in [0.2, 0.25) is 5.91 Å². The van der Waals surface area contributed by atoms with E-state index in [0.29, 0.717) is 0 Å². The molecule has 0 fully saturated rings. The summed E-state index contributed by atoms with van der Waals surface area (Å²) in [5.74, 6) is -2.11. The minimum atomic E-state index is -1.25. The molecule has 24 heavy (non-hydrogen) atoms. The highest BCUT2D eigenvalue weighted by atomic mass is 16.5. The molecule has 1 atom stereocenters. The Morgan fingerprint density at radius 3 is 2.33 bits per heavy atom. The fraction of sp³-hybridized carbons (Fsp3) is 0.353. The molecule has 3 N–H and O–H groups in total. The maximum absolute atomic E-state index is 12.2. The average molecular weight is 334 g/mol. The van der Waals surface area contributed by atoms with Crippen molar-refractivity contribution in [1.29, 1.82) is 0 Å². The van der Waals surface area contributed by atoms with Crippen LogP contribution in [0.2, 0.25) is 0 Å². The fourth-order valence-corrected chi connectivity index (χ4v) is 1.89. The molecule has 0 bridgehead atoms. The SMILES string of the molecule is C/C=C(\NC(=O)[C@@H](NC(=O)OCc1ccccc1)C(C)C)C(=O)O. The van der Waals surface area contributed by atoms with Gasteiger partial charge in [-0.2, -0.15) is 0 Å². The van der Waals surface area contributed by atoms with Crippen molar-refractivity contribution in [3.63, 3.8) is 0 Å². The molecule has 0 saturated carbocycles. The number of nitrogens with one attached hydrogen (secondary N) is 2. The Morgan fingerprint density at radius 1 is 1.21 bits per heavy atom. The lowest BCUT2D eigenvalue weighted by Gasteiger charge is -2.21. The van der Waals surface area contributed by atoms with E-state index in [9.17, 15) is 14.4 Å². The largest absolute Gasteiger partial charge is 0.477 e. The van der Waals surface area contributed by atoms with Gasteiger partial charge in [-0.1, -0.05) is 50.3 Å². The first kappa shape index (κ1) is 19.2. The molecule has 0 heterocycles. The number of amides is 2. The number of carbonyl (C=O) groups is 3. The van der Waals surface area contributed by atoms with Gasteiger partial charge in [0.05, 0.1) is 0 Å². The van der Waals surface area contributed by atoms with Crippen molar-refractivity contribution in [1.82, 2.24) is 10.6 Å². The number of carbonyl (C=O) groups excluding carboxylic acids is 2. The van der Waals surface area contributed by atoms with E-state index < -0.39 is 24.0 Å². The molecule has 0 aliphatic heterocycles. The van der Waals surface area contributed by atoms with E-state index >= 15 is 0 Å². The van der Waals surface area contributed by atoms with Crippen LogP contribution in [0.3, 0.4) is 0 Å². The Bertz CT molecular complexity index is 611. The van der Waals surface area contributed by atoms with Crippen LogP contribution in [0.25, 0.3) is 0 Å². The van der Waals surface area contributed by atoms with Gasteiger partial charge >= 0.3 is 12.1 Å². The highest BCUT2D eigenvalue weighted by molar-refractivity contribution is 5.95. The zero-order chi connectivity index (χ0) is 18.1. The van der Waals surface area contributed by atoms with E-state index in [1.807, 2.05) is 30.3 Å². The molecule has 1 aromatic rings. The zero-order valence-corrected chi connectivity index (χ0v) is 13.9. The van der Waals surface area contributed by atoms with Gasteiger partial charge in [-0.3, -0.25) is 4.79 Å². The number of hydrogen-bond acceptors (Lipinski definition) is 4. The van der Waals surface area contributed by atoms with Crippen LogP contribution in [0.4, 0.5) is 4.79 Å². The van der Waals surface area contributed by atoms with Crippen LogP contribution in [-0.2, 0) is 20.9 Å². The Morgan fingerprint density at radius 2 is 1.83 bits per heavy atom. The highest BCUT2D eigenvalue weighted by Gasteiger charge is 2.26. The fourth-order valence-electron chi connectivity index (χ4n) is 1.89. The lowest BCUT2D eigenvalue weighted by molar-refractivity contribution is -0.135. The molecule has 0 aromatic heterocycles. The van der Waals surface area contributed by atoms with E-state index in [0.717, 1.165) is 5.56 Å². The van der Waals surface area contributed by atoms with Crippen LogP contribution < -0.4 is 10.6 Å². The Kier molecular flexibility index (Phi) is 7.48. The second-order valence-electron chi connectivity index (χ2n) is 5.42. The number of ether oxygens (including phenoxy) is 1. The lowest BCUT2D eigenvalue weighted by Crippen LogP contribution is -2.50. The molecule has 0 aliphatic rings. The van der Waals surface area contributed by atoms with Crippen molar-refractivity contribution in [2.75, 3.05) is 0 Å². The molecule has 0 aliphatic carbocycles. The molecule has 7 nitrogen and oxygen atoms in total. The summed E-state index contributed by atoms with van der Waals surface area (Å²) in [6, 6.07) is 8.21. The van der Waals surface area contributed by atoms with Gasteiger partial charge in [-0.05, 0) is 18.4 Å². The maximum Gasteiger partial charge on any atom is 0.408 e. The van der Waals surface area contributed by atoms with Gasteiger partial charge in [-0.15, -0.1) is 0 Å². The summed E-state index contributed by atoms with van der Waals surface area (Å²) in [7, 11) is 0. The number of carboxylic acids is 1. The summed E-state index contributed by atoms with van der Waals surface area (Å²) in [6.45, 7) is 5.04. The lowest BCUT2D eigenvalue weighted by atomic mass is 10.0. The number of benzene rings is 1. The molecule has 1 aromatic carbocycles. The highest BCUT2D eigenvalue weighted by Crippen LogP contribution is 2.05. The Labute approximate surface area is 140 Å². The summed E-state index contributed by atoms with van der Waals surface area (Å²) < 4.78 is 5.08. The number of allylic oxidation sites excluding steroid dienone is 1. The van der Waals surface area contributed by atoms with Gasteiger partial charge in [0.1, 0.15) is 18.3 Å². The zero-order valence-electron chi connectivity index (χ0n) is 13.9. The van der Waals surface area contributed by atoms with Crippen LogP contribution >= 0.6 is 0 Å². The molecule has 0 saturated heterocycles. The van der Waals surface area contributed by atoms with Crippen molar-refractivity contribution in [2.45, 2.75) is 33.4 Å². The van der Waals surface area contributed by atoms with Crippen molar-refractivity contribution in [2.24, 2.45) is 5.92 Å². The Hall–Kier alpha value is -2.83. The summed E-state index contributed by atoms with van der Waals surface area (Å²) in [4.78, 5) is 35.0. The van der Waals surface area contributed by atoms with E-state index in [-0.39, 0.29) is 18.2 Å². The van der Waals surface area contributed by atoms with E-state index in [2.05, 4.69) is 10.6 Å². The minimum Gasteiger partial charge on any atom is -0.477 e. The van der Waals surface area contributed by atoms with Gasteiger partial charge in [-0.25, -0.2) is 9.59 Å². The molecule has 0 radical (unpaired) electrons. The van der Waals surface area contributed by atoms with E-state index in [1.165, 1.54) is 13.0 Å². The van der Waals surface area contributed by atoms with Crippen molar-refractivity contribution in [3.8, 4) is 0 Å². The molecule has 2 amide bonds. The van der Waals surface area contributed by atoms with Crippen LogP contribution in [0.15, 0.2) is 42.1 Å². The molecular weight excluding hydrogens is 312 g/mol. The van der Waals surface area contributed by atoms with Crippen molar-refractivity contribution >= 4 is 18.0 Å². The van der Waals surface area contributed by atoms with Gasteiger partial charge in [0.25, 0.3) is 0 Å². The predicted molar refractivity (Wildman–Crippen MR) is 87.9 cm³/mol. The van der Waals surface area contributed by atoms with Gasteiger partial charge in [0.15, 0.2) is 0 Å². The molecule has 0 spiro atoms. The van der Waals surface area contributed by atoms with Crippen LogP contribution in [0.1, 0.15) is 26.3 Å². The van der Waals surface area contributed by atoms with Gasteiger partial charge < -0.3 is 20.5 Å². The minimum absolute atomic E-state index is 0.0777. The van der Waals surface area contributed by atoms with Crippen LogP contribution in [0.5, 0.6) is 0 Å². The first-order valence-corrected chi connectivity index (χ1v) is 7.52. The topological polar surface area (TPSA) is 105 Å². The molecule has 130 valence electrons. The molecule has 0 unspecified atom stereocenters. The quantitative estimate of drug-likeness (QED) is 0.662. The van der Waals surface area contributed by atoms with Crippen LogP contribution in [0, 0.1) is 5.92 Å². The standard InChI is InChI=1S/C17H22N2O5/c1-4-13(16(21)22)18-15(20)14(11(2)3)19-17(23)24-10-12-8-6-5-7-9-12/h4-9,11,14H,10H2,1-3H3,(H,18,20)(H,19,23)(H,21,22)/b13-4-/t14-/m0/s1. The first-order chi connectivity index (χ1) is 11.3. The number of rotatable bonds is 7. The molecule has 1 rings (SSSR count). The summed E-state index contributed by atoms with van der Waals surface area (Å²) in [6.07, 6.45) is 0.524. The smallest absolute Gasteiger partial charge is 0.408 e. The normalized spacial score (nSPS) is 12.4. The van der Waals surface area contributed by atoms with Crippen molar-refractivity contribution in [3.05, 3.63) is 47.7 Å². The number of carboxylic acid groups (broad SMARTS) is 1. The second kappa shape index (κ2) is 9.34. The van der Waals surface area contributed by atoms with Crippen molar-refractivity contribution < 1.29 is 24.2 Å². The number of aliphatic carboxylic acids is 1. The molecule has 7 heteroatoms. The number of alkyl carbamates (subject to hydrolysis) is 1. The van der Waals surface area contributed by atoms with E-state index in [1.54, 1.807) is 13.8 Å². The maximum atomic E-state index is 12.2. The van der Waals surface area contributed by atoms with E-state index in [4.69, 9.17) is 9.84 Å². The third-order valence-corrected chi connectivity index (χ3v) is 3.21. The summed E-state index contributed by atoms with van der Waals surface area (Å²) in [5.41, 5.74) is 0.574. The predicted octanol–water partition coefficient (Wildman–Crippen LogP) is 2.04. The number of hydrogen-bond donors (Lipinski definition) is 3. The Balaban J connectivity index is 2.63. The third-order valence-electron chi connectivity index (χ3n) is 3.21. The second-order valence-corrected chi connectivity index (χ2v) is 5.42. The molecular formula is C17H22N2O5. The average Bonchev–Trinajstić information content (AvgIpc) is 2.55. The third kappa shape index (κ3) is 6.12. The first-order valence-electron chi connectivity index (χ1n) is 7.52.